The van der Waals surface area contributed by atoms with Gasteiger partial charge in [-0.3, -0.25) is 4.79 Å². The second-order valence-corrected chi connectivity index (χ2v) is 5.27. The minimum Gasteiger partial charge on any atom is -0.490 e. The highest BCUT2D eigenvalue weighted by atomic mass is 16.5. The van der Waals surface area contributed by atoms with E-state index in [-0.39, 0.29) is 18.1 Å². The summed E-state index contributed by atoms with van der Waals surface area (Å²) in [4.78, 5) is 12.2. The Hall–Kier alpha value is -1.55. The van der Waals surface area contributed by atoms with Gasteiger partial charge < -0.3 is 15.2 Å². The van der Waals surface area contributed by atoms with Crippen LogP contribution in [0.2, 0.25) is 0 Å². The van der Waals surface area contributed by atoms with Crippen LogP contribution in [0.25, 0.3) is 0 Å². The van der Waals surface area contributed by atoms with E-state index in [4.69, 9.17) is 4.74 Å². The molecule has 0 aromatic heterocycles. The summed E-state index contributed by atoms with van der Waals surface area (Å²) in [6.45, 7) is 2.40. The molecule has 110 valence electrons. The minimum absolute atomic E-state index is 0.136. The van der Waals surface area contributed by atoms with Crippen molar-refractivity contribution < 1.29 is 14.6 Å². The van der Waals surface area contributed by atoms with Gasteiger partial charge in [0.1, 0.15) is 5.75 Å². The third-order valence-corrected chi connectivity index (χ3v) is 3.71. The summed E-state index contributed by atoms with van der Waals surface area (Å²) in [5.41, 5.74) is 0.574. The van der Waals surface area contributed by atoms with Crippen molar-refractivity contribution >= 4 is 5.91 Å². The Morgan fingerprint density at radius 3 is 2.85 bits per heavy atom. The summed E-state index contributed by atoms with van der Waals surface area (Å²) in [6, 6.07) is 7.34. The fourth-order valence-electron chi connectivity index (χ4n) is 2.08. The maximum absolute atomic E-state index is 12.2. The number of hydrogen-bond donors (Lipinski definition) is 2. The molecule has 1 aliphatic rings. The molecule has 0 bridgehead atoms. The van der Waals surface area contributed by atoms with Crippen LogP contribution in [0.1, 0.15) is 49.4 Å². The second-order valence-electron chi connectivity index (χ2n) is 5.27. The molecular weight excluding hydrogens is 254 g/mol. The lowest BCUT2D eigenvalue weighted by molar-refractivity contribution is 0.0917. The van der Waals surface area contributed by atoms with Gasteiger partial charge in [0.2, 0.25) is 0 Å². The Kier molecular flexibility index (Phi) is 5.41. The van der Waals surface area contributed by atoms with Crippen LogP contribution in [-0.4, -0.2) is 29.8 Å². The Morgan fingerprint density at radius 2 is 2.20 bits per heavy atom. The van der Waals surface area contributed by atoms with Crippen LogP contribution in [0.3, 0.4) is 0 Å². The molecule has 1 atom stereocenters. The largest absolute Gasteiger partial charge is 0.490 e. The molecule has 1 fully saturated rings. The van der Waals surface area contributed by atoms with Gasteiger partial charge in [0.25, 0.3) is 5.91 Å². The zero-order chi connectivity index (χ0) is 14.4. The van der Waals surface area contributed by atoms with E-state index in [1.807, 2.05) is 25.1 Å². The Balaban J connectivity index is 1.91. The van der Waals surface area contributed by atoms with E-state index in [9.17, 15) is 9.90 Å². The van der Waals surface area contributed by atoms with Gasteiger partial charge in [-0.25, -0.2) is 0 Å². The Labute approximate surface area is 120 Å². The number of aliphatic hydroxyl groups is 1. The summed E-state index contributed by atoms with van der Waals surface area (Å²) in [5.74, 6) is 0.522. The molecule has 0 aliphatic heterocycles. The highest BCUT2D eigenvalue weighted by Crippen LogP contribution is 2.27. The zero-order valence-corrected chi connectivity index (χ0v) is 12.0. The minimum atomic E-state index is -0.350. The van der Waals surface area contributed by atoms with Crippen molar-refractivity contribution in [2.24, 2.45) is 0 Å². The molecule has 1 unspecified atom stereocenters. The summed E-state index contributed by atoms with van der Waals surface area (Å²) >= 11 is 0. The van der Waals surface area contributed by atoms with Gasteiger partial charge in [-0.2, -0.15) is 0 Å². The van der Waals surface area contributed by atoms with Crippen LogP contribution in [-0.2, 0) is 0 Å². The smallest absolute Gasteiger partial charge is 0.255 e. The fraction of sp³-hybridized carbons (Fsp3) is 0.562. The second kappa shape index (κ2) is 7.29. The number of carbonyl (C=O) groups is 1. The van der Waals surface area contributed by atoms with E-state index >= 15 is 0 Å². The maximum atomic E-state index is 12.2. The number of carbonyl (C=O) groups excluding carboxylic acids is 1. The quantitative estimate of drug-likeness (QED) is 0.805. The van der Waals surface area contributed by atoms with Gasteiger partial charge in [0.15, 0.2) is 0 Å². The van der Waals surface area contributed by atoms with Crippen LogP contribution in [0.4, 0.5) is 0 Å². The molecule has 2 N–H and O–H groups in total. The SMILES string of the molecule is CCC(O)CCNC(=O)c1ccccc1OC1CCC1. The fourth-order valence-corrected chi connectivity index (χ4v) is 2.08. The van der Waals surface area contributed by atoms with Crippen LogP contribution in [0.5, 0.6) is 5.75 Å². The molecule has 0 spiro atoms. The van der Waals surface area contributed by atoms with E-state index in [1.54, 1.807) is 6.07 Å². The zero-order valence-electron chi connectivity index (χ0n) is 12.0. The van der Waals surface area contributed by atoms with E-state index in [1.165, 1.54) is 6.42 Å². The highest BCUT2D eigenvalue weighted by molar-refractivity contribution is 5.96. The van der Waals surface area contributed by atoms with E-state index in [0.717, 1.165) is 12.8 Å². The van der Waals surface area contributed by atoms with E-state index in [2.05, 4.69) is 5.32 Å². The van der Waals surface area contributed by atoms with Crippen molar-refractivity contribution in [1.29, 1.82) is 0 Å². The number of ether oxygens (including phenoxy) is 1. The van der Waals surface area contributed by atoms with Gasteiger partial charge in [-0.05, 0) is 44.2 Å². The third kappa shape index (κ3) is 3.97. The molecule has 0 heterocycles. The van der Waals surface area contributed by atoms with Gasteiger partial charge in [0, 0.05) is 6.54 Å². The van der Waals surface area contributed by atoms with Crippen LogP contribution >= 0.6 is 0 Å². The number of aliphatic hydroxyl groups excluding tert-OH is 1. The van der Waals surface area contributed by atoms with Crippen LogP contribution in [0, 0.1) is 0 Å². The van der Waals surface area contributed by atoms with Crippen molar-refractivity contribution in [1.82, 2.24) is 5.32 Å². The average molecular weight is 277 g/mol. The molecule has 1 aromatic rings. The molecule has 1 amide bonds. The van der Waals surface area contributed by atoms with Gasteiger partial charge >= 0.3 is 0 Å². The maximum Gasteiger partial charge on any atom is 0.255 e. The van der Waals surface area contributed by atoms with E-state index in [0.29, 0.717) is 30.7 Å². The molecule has 0 radical (unpaired) electrons. The molecular formula is C16H23NO3. The molecule has 4 nitrogen and oxygen atoms in total. The molecule has 1 aliphatic carbocycles. The number of nitrogens with one attached hydrogen (secondary N) is 1. The Bertz CT molecular complexity index is 443. The lowest BCUT2D eigenvalue weighted by Crippen LogP contribution is -2.29. The van der Waals surface area contributed by atoms with Crippen molar-refractivity contribution in [2.45, 2.75) is 51.2 Å². The normalized spacial score (nSPS) is 16.3. The van der Waals surface area contributed by atoms with Crippen molar-refractivity contribution in [2.75, 3.05) is 6.54 Å². The first kappa shape index (κ1) is 14.9. The number of hydrogen-bond acceptors (Lipinski definition) is 3. The molecule has 1 saturated carbocycles. The Morgan fingerprint density at radius 1 is 1.45 bits per heavy atom. The molecule has 2 rings (SSSR count). The topological polar surface area (TPSA) is 58.6 Å². The first-order valence-electron chi connectivity index (χ1n) is 7.42. The summed E-state index contributed by atoms with van der Waals surface area (Å²) in [6.07, 6.45) is 4.53. The third-order valence-electron chi connectivity index (χ3n) is 3.71. The molecule has 4 heteroatoms. The monoisotopic (exact) mass is 277 g/mol. The number of amides is 1. The molecule has 0 saturated heterocycles. The van der Waals surface area contributed by atoms with Crippen molar-refractivity contribution in [3.05, 3.63) is 29.8 Å². The lowest BCUT2D eigenvalue weighted by Gasteiger charge is -2.27. The highest BCUT2D eigenvalue weighted by Gasteiger charge is 2.21. The van der Waals surface area contributed by atoms with Gasteiger partial charge in [-0.1, -0.05) is 19.1 Å². The predicted molar refractivity (Wildman–Crippen MR) is 78.0 cm³/mol. The summed E-state index contributed by atoms with van der Waals surface area (Å²) in [7, 11) is 0. The first-order valence-corrected chi connectivity index (χ1v) is 7.42. The number of para-hydroxylation sites is 1. The van der Waals surface area contributed by atoms with Crippen molar-refractivity contribution in [3.8, 4) is 5.75 Å². The van der Waals surface area contributed by atoms with Gasteiger partial charge in [-0.15, -0.1) is 0 Å². The summed E-state index contributed by atoms with van der Waals surface area (Å²) < 4.78 is 5.84. The lowest BCUT2D eigenvalue weighted by atomic mass is 9.96. The van der Waals surface area contributed by atoms with Crippen molar-refractivity contribution in [3.63, 3.8) is 0 Å². The van der Waals surface area contributed by atoms with Crippen LogP contribution in [0.15, 0.2) is 24.3 Å². The molecule has 20 heavy (non-hydrogen) atoms. The number of rotatable bonds is 7. The number of benzene rings is 1. The van der Waals surface area contributed by atoms with Gasteiger partial charge in [0.05, 0.1) is 17.8 Å². The standard InChI is InChI=1S/C16H23NO3/c1-2-12(18)10-11-17-16(19)14-8-3-4-9-15(14)20-13-6-5-7-13/h3-4,8-9,12-13,18H,2,5-7,10-11H2,1H3,(H,17,19). The summed E-state index contributed by atoms with van der Waals surface area (Å²) in [5, 5.41) is 12.3. The average Bonchev–Trinajstić information content (AvgIpc) is 2.43. The first-order chi connectivity index (χ1) is 9.70. The van der Waals surface area contributed by atoms with Crippen LogP contribution < -0.4 is 10.1 Å². The molecule has 1 aromatic carbocycles. The van der Waals surface area contributed by atoms with E-state index < -0.39 is 0 Å². The predicted octanol–water partition coefficient (Wildman–Crippen LogP) is 2.51.